The summed E-state index contributed by atoms with van der Waals surface area (Å²) in [5, 5.41) is 14.3. The molecule has 0 bridgehead atoms. The number of nitrogens with zero attached hydrogens (tertiary/aromatic N) is 4. The zero-order valence-corrected chi connectivity index (χ0v) is 14.1. The van der Waals surface area contributed by atoms with Gasteiger partial charge in [0, 0.05) is 5.69 Å². The molecule has 26 heavy (non-hydrogen) atoms. The van der Waals surface area contributed by atoms with Crippen molar-refractivity contribution in [1.29, 1.82) is 0 Å². The fourth-order valence-electron chi connectivity index (χ4n) is 2.13. The lowest BCUT2D eigenvalue weighted by Gasteiger charge is -2.11. The number of ether oxygens (including phenoxy) is 2. The van der Waals surface area contributed by atoms with Crippen LogP contribution in [-0.2, 0) is 4.79 Å². The number of benzene rings is 2. The quantitative estimate of drug-likeness (QED) is 0.659. The van der Waals surface area contributed by atoms with Crippen molar-refractivity contribution < 1.29 is 14.3 Å². The molecule has 0 fully saturated rings. The Labute approximate surface area is 150 Å². The van der Waals surface area contributed by atoms with E-state index in [1.54, 1.807) is 24.4 Å². The Morgan fingerprint density at radius 2 is 1.92 bits per heavy atom. The zero-order chi connectivity index (χ0) is 18.2. The van der Waals surface area contributed by atoms with Gasteiger partial charge in [0.2, 0.25) is 0 Å². The third kappa shape index (κ3) is 4.67. The second kappa shape index (κ2) is 8.43. The van der Waals surface area contributed by atoms with E-state index in [0.717, 1.165) is 5.56 Å². The average molecular weight is 351 g/mol. The molecule has 0 radical (unpaired) electrons. The number of nitrogens with one attached hydrogen (secondary N) is 1. The molecule has 3 rings (SSSR count). The zero-order valence-electron chi connectivity index (χ0n) is 14.1. The van der Waals surface area contributed by atoms with Gasteiger partial charge in [-0.2, -0.15) is 5.10 Å². The Bertz CT molecular complexity index is 879. The van der Waals surface area contributed by atoms with Gasteiger partial charge >= 0.3 is 0 Å². The van der Waals surface area contributed by atoms with E-state index in [-0.39, 0.29) is 12.5 Å². The van der Waals surface area contributed by atoms with Gasteiger partial charge in [-0.25, -0.2) is 4.68 Å². The molecule has 1 N–H and O–H groups in total. The minimum absolute atomic E-state index is 0.126. The van der Waals surface area contributed by atoms with Crippen molar-refractivity contribution in [1.82, 2.24) is 14.9 Å². The third-order valence-electron chi connectivity index (χ3n) is 3.35. The van der Waals surface area contributed by atoms with E-state index in [1.165, 1.54) is 24.4 Å². The largest absolute Gasteiger partial charge is 0.493 e. The molecule has 2 aromatic carbocycles. The van der Waals surface area contributed by atoms with Crippen LogP contribution in [0.3, 0.4) is 0 Å². The maximum absolute atomic E-state index is 12.0. The summed E-state index contributed by atoms with van der Waals surface area (Å²) >= 11 is 0. The molecule has 0 aliphatic heterocycles. The molecular formula is C18H17N5O3. The summed E-state index contributed by atoms with van der Waals surface area (Å²) in [6, 6.07) is 14.5. The number of hydrogen-bond acceptors (Lipinski definition) is 6. The second-order valence-corrected chi connectivity index (χ2v) is 5.20. The number of carbonyl (C=O) groups excluding carboxylic acids is 1. The molecule has 1 heterocycles. The fraction of sp³-hybridized carbons (Fsp3) is 0.111. The highest BCUT2D eigenvalue weighted by atomic mass is 16.5. The lowest BCUT2D eigenvalue weighted by molar-refractivity contribution is -0.118. The van der Waals surface area contributed by atoms with Gasteiger partial charge in [0.25, 0.3) is 5.91 Å². The van der Waals surface area contributed by atoms with Crippen molar-refractivity contribution in [2.45, 2.75) is 0 Å². The molecule has 8 nitrogen and oxygen atoms in total. The van der Waals surface area contributed by atoms with Crippen LogP contribution in [0.4, 0.5) is 5.69 Å². The number of carbonyl (C=O) groups is 1. The number of aromatic nitrogens is 3. The lowest BCUT2D eigenvalue weighted by atomic mass is 10.2. The summed E-state index contributed by atoms with van der Waals surface area (Å²) in [6.07, 6.45) is 4.60. The predicted molar refractivity (Wildman–Crippen MR) is 96.6 cm³/mol. The van der Waals surface area contributed by atoms with Crippen molar-refractivity contribution in [2.24, 2.45) is 5.10 Å². The standard InChI is InChI=1S/C18H17N5O3/c1-25-17-9-14(10-21-23-12-19-20-13-23)7-8-16(17)26-11-18(24)22-15-5-3-2-4-6-15/h2-10,12-13H,11H2,1H3,(H,22,24)/b21-10+. The number of amides is 1. The Morgan fingerprint density at radius 1 is 1.15 bits per heavy atom. The highest BCUT2D eigenvalue weighted by molar-refractivity contribution is 5.91. The molecule has 0 aliphatic rings. The van der Waals surface area contributed by atoms with E-state index in [4.69, 9.17) is 9.47 Å². The highest BCUT2D eigenvalue weighted by Crippen LogP contribution is 2.27. The molecule has 0 saturated heterocycles. The summed E-state index contributed by atoms with van der Waals surface area (Å²) in [5.74, 6) is 0.721. The van der Waals surface area contributed by atoms with Gasteiger partial charge in [-0.05, 0) is 35.9 Å². The molecule has 0 atom stereocenters. The summed E-state index contributed by atoms with van der Waals surface area (Å²) in [5.41, 5.74) is 1.52. The Kier molecular flexibility index (Phi) is 5.56. The minimum atomic E-state index is -0.253. The maximum atomic E-state index is 12.0. The minimum Gasteiger partial charge on any atom is -0.493 e. The summed E-state index contributed by atoms with van der Waals surface area (Å²) in [4.78, 5) is 12.0. The monoisotopic (exact) mass is 351 g/mol. The van der Waals surface area contributed by atoms with Crippen molar-refractivity contribution in [2.75, 3.05) is 19.0 Å². The van der Waals surface area contributed by atoms with Gasteiger partial charge in [0.1, 0.15) is 12.7 Å². The van der Waals surface area contributed by atoms with Crippen LogP contribution < -0.4 is 14.8 Å². The summed E-state index contributed by atoms with van der Waals surface area (Å²) in [7, 11) is 1.53. The van der Waals surface area contributed by atoms with Gasteiger partial charge in [0.05, 0.1) is 13.3 Å². The van der Waals surface area contributed by atoms with Gasteiger partial charge in [-0.15, -0.1) is 10.2 Å². The van der Waals surface area contributed by atoms with E-state index in [0.29, 0.717) is 17.2 Å². The van der Waals surface area contributed by atoms with Gasteiger partial charge in [-0.3, -0.25) is 4.79 Å². The molecule has 0 spiro atoms. The Morgan fingerprint density at radius 3 is 2.65 bits per heavy atom. The van der Waals surface area contributed by atoms with Crippen LogP contribution in [0.25, 0.3) is 0 Å². The number of rotatable bonds is 7. The van der Waals surface area contributed by atoms with Crippen LogP contribution in [0.5, 0.6) is 11.5 Å². The van der Waals surface area contributed by atoms with Gasteiger partial charge < -0.3 is 14.8 Å². The molecule has 8 heteroatoms. The van der Waals surface area contributed by atoms with Gasteiger partial charge in [0.15, 0.2) is 18.1 Å². The van der Waals surface area contributed by atoms with Crippen LogP contribution in [0.2, 0.25) is 0 Å². The second-order valence-electron chi connectivity index (χ2n) is 5.20. The van der Waals surface area contributed by atoms with Crippen LogP contribution >= 0.6 is 0 Å². The van der Waals surface area contributed by atoms with Crippen LogP contribution in [0, 0.1) is 0 Å². The van der Waals surface area contributed by atoms with Crippen LogP contribution in [0.1, 0.15) is 5.56 Å². The SMILES string of the molecule is COc1cc(/C=N/n2cnnc2)ccc1OCC(=O)Nc1ccccc1. The smallest absolute Gasteiger partial charge is 0.262 e. The topological polar surface area (TPSA) is 90.6 Å². The molecule has 1 aromatic heterocycles. The molecule has 0 saturated carbocycles. The molecule has 3 aromatic rings. The third-order valence-corrected chi connectivity index (χ3v) is 3.35. The summed E-state index contributed by atoms with van der Waals surface area (Å²) < 4.78 is 12.4. The van der Waals surface area contributed by atoms with Crippen molar-refractivity contribution >= 4 is 17.8 Å². The van der Waals surface area contributed by atoms with Crippen molar-refractivity contribution in [3.05, 3.63) is 66.7 Å². The first kappa shape index (κ1) is 17.2. The van der Waals surface area contributed by atoms with E-state index >= 15 is 0 Å². The van der Waals surface area contributed by atoms with E-state index in [9.17, 15) is 4.79 Å². The van der Waals surface area contributed by atoms with E-state index < -0.39 is 0 Å². The number of para-hydroxylation sites is 1. The fourth-order valence-corrected chi connectivity index (χ4v) is 2.13. The Balaban J connectivity index is 1.61. The molecule has 1 amide bonds. The average Bonchev–Trinajstić information content (AvgIpc) is 3.19. The number of anilines is 1. The first-order valence-electron chi connectivity index (χ1n) is 7.79. The molecule has 132 valence electrons. The maximum Gasteiger partial charge on any atom is 0.262 e. The van der Waals surface area contributed by atoms with Crippen LogP contribution in [-0.4, -0.2) is 40.7 Å². The number of methoxy groups -OCH3 is 1. The normalized spacial score (nSPS) is 10.7. The highest BCUT2D eigenvalue weighted by Gasteiger charge is 2.08. The molecule has 0 unspecified atom stereocenters. The first-order valence-corrected chi connectivity index (χ1v) is 7.79. The van der Waals surface area contributed by atoms with Crippen LogP contribution in [0.15, 0.2) is 66.3 Å². The van der Waals surface area contributed by atoms with E-state index in [2.05, 4.69) is 20.6 Å². The van der Waals surface area contributed by atoms with Crippen molar-refractivity contribution in [3.63, 3.8) is 0 Å². The Hall–Kier alpha value is -3.68. The van der Waals surface area contributed by atoms with Gasteiger partial charge in [-0.1, -0.05) is 18.2 Å². The molecule has 0 aliphatic carbocycles. The van der Waals surface area contributed by atoms with Crippen molar-refractivity contribution in [3.8, 4) is 11.5 Å². The number of hydrogen-bond donors (Lipinski definition) is 1. The predicted octanol–water partition coefficient (Wildman–Crippen LogP) is 2.19. The summed E-state index contributed by atoms with van der Waals surface area (Å²) in [6.45, 7) is -0.126. The van der Waals surface area contributed by atoms with E-state index in [1.807, 2.05) is 30.3 Å². The lowest BCUT2D eigenvalue weighted by Crippen LogP contribution is -2.20. The first-order chi connectivity index (χ1) is 12.7. The molecular weight excluding hydrogens is 334 g/mol.